The van der Waals surface area contributed by atoms with E-state index in [0.29, 0.717) is 0 Å². The highest BCUT2D eigenvalue weighted by atomic mass is 32.2. The fourth-order valence-corrected chi connectivity index (χ4v) is 2.54. The van der Waals surface area contributed by atoms with Crippen LogP contribution in [0.3, 0.4) is 0 Å². The van der Waals surface area contributed by atoms with Gasteiger partial charge in [-0.2, -0.15) is 0 Å². The minimum atomic E-state index is -3.58. The first kappa shape index (κ1) is 16.4. The topological polar surface area (TPSA) is 105 Å². The Labute approximate surface area is 119 Å². The van der Waals surface area contributed by atoms with Crippen LogP contribution in [-0.2, 0) is 16.6 Å². The number of sulfonamides is 1. The van der Waals surface area contributed by atoms with Gasteiger partial charge >= 0.3 is 6.03 Å². The lowest BCUT2D eigenvalue weighted by Crippen LogP contribution is -2.39. The van der Waals surface area contributed by atoms with E-state index in [1.54, 1.807) is 26.2 Å². The quantitative estimate of drug-likeness (QED) is 0.627. The molecule has 20 heavy (non-hydrogen) atoms. The zero-order chi connectivity index (χ0) is 15.2. The standard InChI is InChI=1S/C12H20N4O3S/c1-16(2)12(17)14-6-7-15-20(18,19)11-5-3-4-10(8-11)9-13/h3-5,8,15H,6-7,9,13H2,1-2H3,(H,14,17). The fourth-order valence-electron chi connectivity index (χ4n) is 1.44. The Morgan fingerprint density at radius 3 is 2.60 bits per heavy atom. The number of nitrogens with one attached hydrogen (secondary N) is 2. The summed E-state index contributed by atoms with van der Waals surface area (Å²) in [6.07, 6.45) is 0. The smallest absolute Gasteiger partial charge is 0.316 e. The average molecular weight is 300 g/mol. The molecular weight excluding hydrogens is 280 g/mol. The van der Waals surface area contributed by atoms with E-state index >= 15 is 0 Å². The predicted octanol–water partition coefficient (Wildman–Crippen LogP) is -0.305. The zero-order valence-corrected chi connectivity index (χ0v) is 12.4. The van der Waals surface area contributed by atoms with E-state index in [4.69, 9.17) is 5.73 Å². The van der Waals surface area contributed by atoms with E-state index in [1.807, 2.05) is 0 Å². The van der Waals surface area contributed by atoms with Crippen molar-refractivity contribution < 1.29 is 13.2 Å². The van der Waals surface area contributed by atoms with Crippen LogP contribution in [0.4, 0.5) is 4.79 Å². The van der Waals surface area contributed by atoms with Crippen LogP contribution in [0.25, 0.3) is 0 Å². The van der Waals surface area contributed by atoms with Gasteiger partial charge in [-0.25, -0.2) is 17.9 Å². The first-order chi connectivity index (χ1) is 9.36. The first-order valence-corrected chi connectivity index (χ1v) is 7.59. The molecule has 0 aromatic heterocycles. The number of hydrogen-bond acceptors (Lipinski definition) is 4. The summed E-state index contributed by atoms with van der Waals surface area (Å²) in [6.45, 7) is 0.615. The van der Waals surface area contributed by atoms with Gasteiger partial charge in [-0.05, 0) is 17.7 Å². The van der Waals surface area contributed by atoms with Crippen LogP contribution >= 0.6 is 0 Å². The Bertz CT molecular complexity index is 558. The lowest BCUT2D eigenvalue weighted by atomic mass is 10.2. The van der Waals surface area contributed by atoms with E-state index in [-0.39, 0.29) is 30.6 Å². The van der Waals surface area contributed by atoms with E-state index < -0.39 is 10.0 Å². The van der Waals surface area contributed by atoms with Crippen molar-refractivity contribution in [2.45, 2.75) is 11.4 Å². The number of urea groups is 1. The van der Waals surface area contributed by atoms with Gasteiger partial charge in [0.15, 0.2) is 0 Å². The highest BCUT2D eigenvalue weighted by molar-refractivity contribution is 7.89. The molecule has 0 aliphatic rings. The number of hydrogen-bond donors (Lipinski definition) is 3. The minimum Gasteiger partial charge on any atom is -0.337 e. The summed E-state index contributed by atoms with van der Waals surface area (Å²) >= 11 is 0. The van der Waals surface area contributed by atoms with E-state index in [2.05, 4.69) is 10.0 Å². The summed E-state index contributed by atoms with van der Waals surface area (Å²) in [5, 5.41) is 2.57. The molecule has 0 spiro atoms. The van der Waals surface area contributed by atoms with Gasteiger partial charge in [0.05, 0.1) is 4.90 Å². The van der Waals surface area contributed by atoms with Gasteiger partial charge in [0.2, 0.25) is 10.0 Å². The SMILES string of the molecule is CN(C)C(=O)NCCNS(=O)(=O)c1cccc(CN)c1. The normalized spacial score (nSPS) is 11.2. The monoisotopic (exact) mass is 300 g/mol. The number of amides is 2. The molecule has 2 amide bonds. The summed E-state index contributed by atoms with van der Waals surface area (Å²) in [4.78, 5) is 12.8. The van der Waals surface area contributed by atoms with Gasteiger partial charge < -0.3 is 16.0 Å². The van der Waals surface area contributed by atoms with Crippen LogP contribution in [0.1, 0.15) is 5.56 Å². The molecule has 1 aromatic rings. The Morgan fingerprint density at radius 1 is 1.30 bits per heavy atom. The van der Waals surface area contributed by atoms with Crippen LogP contribution in [-0.4, -0.2) is 46.5 Å². The second kappa shape index (κ2) is 7.22. The first-order valence-electron chi connectivity index (χ1n) is 6.10. The molecular formula is C12H20N4O3S. The van der Waals surface area contributed by atoms with Crippen molar-refractivity contribution in [3.63, 3.8) is 0 Å². The second-order valence-corrected chi connectivity index (χ2v) is 6.14. The molecule has 0 fully saturated rings. The van der Waals surface area contributed by atoms with Crippen molar-refractivity contribution in [1.29, 1.82) is 0 Å². The Morgan fingerprint density at radius 2 is 2.00 bits per heavy atom. The van der Waals surface area contributed by atoms with Gasteiger partial charge in [-0.15, -0.1) is 0 Å². The molecule has 8 heteroatoms. The summed E-state index contributed by atoms with van der Waals surface area (Å²) < 4.78 is 26.4. The molecule has 0 atom stereocenters. The highest BCUT2D eigenvalue weighted by Gasteiger charge is 2.13. The molecule has 0 aliphatic heterocycles. The third-order valence-corrected chi connectivity index (χ3v) is 4.00. The van der Waals surface area contributed by atoms with Gasteiger partial charge in [-0.1, -0.05) is 12.1 Å². The summed E-state index contributed by atoms with van der Waals surface area (Å²) in [7, 11) is -0.364. The largest absolute Gasteiger partial charge is 0.337 e. The molecule has 4 N–H and O–H groups in total. The summed E-state index contributed by atoms with van der Waals surface area (Å²) in [6, 6.07) is 6.16. The lowest BCUT2D eigenvalue weighted by molar-refractivity contribution is 0.217. The number of nitrogens with two attached hydrogens (primary N) is 1. The third kappa shape index (κ3) is 4.80. The number of benzene rings is 1. The van der Waals surface area contributed by atoms with Crippen molar-refractivity contribution in [3.8, 4) is 0 Å². The maximum absolute atomic E-state index is 12.0. The van der Waals surface area contributed by atoms with Gasteiger partial charge in [0, 0.05) is 33.7 Å². The molecule has 1 rings (SSSR count). The van der Waals surface area contributed by atoms with Crippen molar-refractivity contribution in [3.05, 3.63) is 29.8 Å². The molecule has 0 saturated heterocycles. The van der Waals surface area contributed by atoms with Gasteiger partial charge in [-0.3, -0.25) is 0 Å². The van der Waals surface area contributed by atoms with Crippen LogP contribution in [0, 0.1) is 0 Å². The van der Waals surface area contributed by atoms with Gasteiger partial charge in [0.25, 0.3) is 0 Å². The number of rotatable bonds is 6. The lowest BCUT2D eigenvalue weighted by Gasteiger charge is -2.12. The molecule has 0 radical (unpaired) electrons. The van der Waals surface area contributed by atoms with E-state index in [0.717, 1.165) is 5.56 Å². The third-order valence-electron chi connectivity index (χ3n) is 2.54. The molecule has 0 heterocycles. The number of nitrogens with zero attached hydrogens (tertiary/aromatic N) is 1. The molecule has 0 unspecified atom stereocenters. The number of carbonyl (C=O) groups is 1. The van der Waals surface area contributed by atoms with Crippen LogP contribution in [0.5, 0.6) is 0 Å². The van der Waals surface area contributed by atoms with E-state index in [1.165, 1.54) is 17.0 Å². The van der Waals surface area contributed by atoms with Crippen molar-refractivity contribution >= 4 is 16.1 Å². The van der Waals surface area contributed by atoms with Crippen molar-refractivity contribution in [1.82, 2.24) is 14.9 Å². The fraction of sp³-hybridized carbons (Fsp3) is 0.417. The average Bonchev–Trinajstić information content (AvgIpc) is 2.43. The molecule has 0 saturated carbocycles. The highest BCUT2D eigenvalue weighted by Crippen LogP contribution is 2.10. The Kier molecular flexibility index (Phi) is 5.93. The maximum Gasteiger partial charge on any atom is 0.316 e. The van der Waals surface area contributed by atoms with Gasteiger partial charge in [0.1, 0.15) is 0 Å². The number of carbonyl (C=O) groups excluding carboxylic acids is 1. The van der Waals surface area contributed by atoms with Crippen LogP contribution in [0.2, 0.25) is 0 Å². The van der Waals surface area contributed by atoms with Crippen LogP contribution in [0.15, 0.2) is 29.2 Å². The minimum absolute atomic E-state index is 0.120. The van der Waals surface area contributed by atoms with E-state index in [9.17, 15) is 13.2 Å². The second-order valence-electron chi connectivity index (χ2n) is 4.38. The van der Waals surface area contributed by atoms with Crippen LogP contribution < -0.4 is 15.8 Å². The Balaban J connectivity index is 2.55. The molecule has 0 aliphatic carbocycles. The van der Waals surface area contributed by atoms with Crippen molar-refractivity contribution in [2.24, 2.45) is 5.73 Å². The Hall–Kier alpha value is -1.64. The summed E-state index contributed by atoms with van der Waals surface area (Å²) in [5.74, 6) is 0. The molecule has 112 valence electrons. The molecule has 1 aromatic carbocycles. The maximum atomic E-state index is 12.0. The molecule has 7 nitrogen and oxygen atoms in total. The predicted molar refractivity (Wildman–Crippen MR) is 76.6 cm³/mol. The zero-order valence-electron chi connectivity index (χ0n) is 11.6. The summed E-state index contributed by atoms with van der Waals surface area (Å²) in [5.41, 5.74) is 6.22. The molecule has 0 bridgehead atoms. The van der Waals surface area contributed by atoms with Crippen molar-refractivity contribution in [2.75, 3.05) is 27.2 Å².